The number of ether oxygens (including phenoxy) is 1. The van der Waals surface area contributed by atoms with Crippen molar-refractivity contribution in [3.05, 3.63) is 53.6 Å². The number of benzene rings is 1. The molecule has 142 valence electrons. The fraction of sp³-hybridized carbons (Fsp3) is 0.474. The largest absolute Gasteiger partial charge is 0.374 e. The first-order valence-corrected chi connectivity index (χ1v) is 8.75. The van der Waals surface area contributed by atoms with Crippen molar-refractivity contribution in [1.29, 1.82) is 0 Å². The van der Waals surface area contributed by atoms with Crippen LogP contribution in [0.3, 0.4) is 0 Å². The molecule has 1 aliphatic heterocycles. The zero-order chi connectivity index (χ0) is 17.8. The van der Waals surface area contributed by atoms with Gasteiger partial charge in [-0.05, 0) is 31.5 Å². The average molecular weight is 379 g/mol. The minimum atomic E-state index is -0.0507. The highest BCUT2D eigenvalue weighted by atomic mass is 35.5. The summed E-state index contributed by atoms with van der Waals surface area (Å²) >= 11 is 0. The van der Waals surface area contributed by atoms with Crippen molar-refractivity contribution in [2.45, 2.75) is 32.6 Å². The molecule has 1 aliphatic rings. The van der Waals surface area contributed by atoms with Gasteiger partial charge in [0.1, 0.15) is 11.9 Å². The number of nitrogens with one attached hydrogen (secondary N) is 1. The molecule has 2 heterocycles. The van der Waals surface area contributed by atoms with Crippen molar-refractivity contribution in [2.24, 2.45) is 7.05 Å². The fourth-order valence-corrected chi connectivity index (χ4v) is 3.05. The summed E-state index contributed by atoms with van der Waals surface area (Å²) < 4.78 is 7.59. The van der Waals surface area contributed by atoms with Gasteiger partial charge in [0.15, 0.2) is 0 Å². The monoisotopic (exact) mass is 378 g/mol. The summed E-state index contributed by atoms with van der Waals surface area (Å²) in [6.45, 7) is 6.79. The summed E-state index contributed by atoms with van der Waals surface area (Å²) in [5.74, 6) is 0.952. The summed E-state index contributed by atoms with van der Waals surface area (Å²) in [7, 11) is 1.96. The molecule has 0 radical (unpaired) electrons. The molecular weight excluding hydrogens is 352 g/mol. The highest BCUT2D eigenvalue weighted by Gasteiger charge is 2.30. The molecule has 1 unspecified atom stereocenters. The van der Waals surface area contributed by atoms with Crippen LogP contribution in [0.1, 0.15) is 41.6 Å². The third-order valence-electron chi connectivity index (χ3n) is 4.44. The van der Waals surface area contributed by atoms with Gasteiger partial charge in [0.2, 0.25) is 0 Å². The predicted molar refractivity (Wildman–Crippen MR) is 103 cm³/mol. The molecule has 26 heavy (non-hydrogen) atoms. The van der Waals surface area contributed by atoms with Crippen LogP contribution in [0, 0.1) is 0 Å². The van der Waals surface area contributed by atoms with Crippen LogP contribution in [-0.4, -0.2) is 46.1 Å². The SMILES string of the molecule is CC(C)OCc1ccc(C(=O)N2CCNCC2c2nccn2C)cc1.Cl. The molecule has 0 bridgehead atoms. The molecule has 1 amide bonds. The average Bonchev–Trinajstić information content (AvgIpc) is 3.05. The smallest absolute Gasteiger partial charge is 0.254 e. The minimum Gasteiger partial charge on any atom is -0.374 e. The van der Waals surface area contributed by atoms with Crippen molar-refractivity contribution < 1.29 is 9.53 Å². The highest BCUT2D eigenvalue weighted by molar-refractivity contribution is 5.94. The van der Waals surface area contributed by atoms with Gasteiger partial charge in [-0.15, -0.1) is 12.4 Å². The third kappa shape index (κ3) is 4.63. The van der Waals surface area contributed by atoms with Gasteiger partial charge in [-0.2, -0.15) is 0 Å². The number of piperazine rings is 1. The van der Waals surface area contributed by atoms with Crippen LogP contribution in [0.15, 0.2) is 36.7 Å². The van der Waals surface area contributed by atoms with Crippen LogP contribution in [0.4, 0.5) is 0 Å². The fourth-order valence-electron chi connectivity index (χ4n) is 3.05. The van der Waals surface area contributed by atoms with Crippen molar-refractivity contribution in [1.82, 2.24) is 19.8 Å². The Morgan fingerprint density at radius 1 is 1.35 bits per heavy atom. The first-order chi connectivity index (χ1) is 12.1. The van der Waals surface area contributed by atoms with Crippen LogP contribution < -0.4 is 5.32 Å². The molecule has 1 fully saturated rings. The van der Waals surface area contributed by atoms with Crippen molar-refractivity contribution >= 4 is 18.3 Å². The molecule has 1 N–H and O–H groups in total. The highest BCUT2D eigenvalue weighted by Crippen LogP contribution is 2.23. The van der Waals surface area contributed by atoms with Crippen LogP contribution >= 0.6 is 12.4 Å². The van der Waals surface area contributed by atoms with Gasteiger partial charge in [0.25, 0.3) is 5.91 Å². The van der Waals surface area contributed by atoms with E-state index in [4.69, 9.17) is 4.74 Å². The number of rotatable bonds is 5. The standard InChI is InChI=1S/C19H26N4O2.ClH/c1-14(2)25-13-15-4-6-16(7-5-15)19(24)23-11-8-20-12-17(23)18-21-9-10-22(18)3;/h4-7,9-10,14,17,20H,8,11-13H2,1-3H3;1H. The number of amides is 1. The number of nitrogens with zero attached hydrogens (tertiary/aromatic N) is 3. The topological polar surface area (TPSA) is 59.4 Å². The van der Waals surface area contributed by atoms with E-state index < -0.39 is 0 Å². The normalized spacial score (nSPS) is 17.2. The van der Waals surface area contributed by atoms with E-state index in [0.29, 0.717) is 18.7 Å². The summed E-state index contributed by atoms with van der Waals surface area (Å²) in [5, 5.41) is 3.36. The number of imidazole rings is 1. The summed E-state index contributed by atoms with van der Waals surface area (Å²) in [4.78, 5) is 19.4. The van der Waals surface area contributed by atoms with Gasteiger partial charge in [0.05, 0.1) is 12.7 Å². The van der Waals surface area contributed by atoms with E-state index in [-0.39, 0.29) is 30.5 Å². The molecule has 7 heteroatoms. The molecule has 1 aromatic heterocycles. The van der Waals surface area contributed by atoms with E-state index in [9.17, 15) is 4.79 Å². The predicted octanol–water partition coefficient (Wildman–Crippen LogP) is 2.55. The molecule has 0 spiro atoms. The zero-order valence-electron chi connectivity index (χ0n) is 15.5. The lowest BCUT2D eigenvalue weighted by molar-refractivity contribution is 0.0617. The Balaban J connectivity index is 0.00000243. The Morgan fingerprint density at radius 2 is 2.08 bits per heavy atom. The molecular formula is C19H27ClN4O2. The summed E-state index contributed by atoms with van der Waals surface area (Å²) in [5.41, 5.74) is 1.78. The van der Waals surface area contributed by atoms with Crippen molar-refractivity contribution in [3.8, 4) is 0 Å². The lowest BCUT2D eigenvalue weighted by Gasteiger charge is -2.35. The Bertz CT molecular complexity index is 715. The number of carbonyl (C=O) groups is 1. The maximum absolute atomic E-state index is 13.0. The summed E-state index contributed by atoms with van der Waals surface area (Å²) in [6, 6.07) is 7.66. The lowest BCUT2D eigenvalue weighted by Crippen LogP contribution is -2.49. The second kappa shape index (κ2) is 9.16. The number of aryl methyl sites for hydroxylation is 1. The molecule has 1 atom stereocenters. The van der Waals surface area contributed by atoms with Crippen LogP contribution in [0.5, 0.6) is 0 Å². The number of aromatic nitrogens is 2. The molecule has 1 aromatic carbocycles. The van der Waals surface area contributed by atoms with Gasteiger partial charge in [-0.3, -0.25) is 4.79 Å². The third-order valence-corrected chi connectivity index (χ3v) is 4.44. The maximum Gasteiger partial charge on any atom is 0.254 e. The second-order valence-electron chi connectivity index (χ2n) is 6.67. The number of halogens is 1. The van der Waals surface area contributed by atoms with Gasteiger partial charge < -0.3 is 19.5 Å². The maximum atomic E-state index is 13.0. The number of hydrogen-bond acceptors (Lipinski definition) is 4. The minimum absolute atomic E-state index is 0. The van der Waals surface area contributed by atoms with Crippen LogP contribution in [-0.2, 0) is 18.4 Å². The Kier molecular flexibility index (Phi) is 7.20. The second-order valence-corrected chi connectivity index (χ2v) is 6.67. The molecule has 0 aliphatic carbocycles. The zero-order valence-corrected chi connectivity index (χ0v) is 16.3. The van der Waals surface area contributed by atoms with Gasteiger partial charge >= 0.3 is 0 Å². The number of hydrogen-bond donors (Lipinski definition) is 1. The van der Waals surface area contributed by atoms with Gasteiger partial charge in [-0.1, -0.05) is 12.1 Å². The first-order valence-electron chi connectivity index (χ1n) is 8.75. The Labute approximate surface area is 161 Å². The summed E-state index contributed by atoms with van der Waals surface area (Å²) in [6.07, 6.45) is 3.88. The Hall–Kier alpha value is -1.89. The van der Waals surface area contributed by atoms with E-state index in [0.717, 1.165) is 24.5 Å². The van der Waals surface area contributed by atoms with E-state index in [1.807, 2.05) is 60.8 Å². The van der Waals surface area contributed by atoms with Gasteiger partial charge in [0, 0.05) is 44.6 Å². The van der Waals surface area contributed by atoms with Crippen LogP contribution in [0.25, 0.3) is 0 Å². The molecule has 3 rings (SSSR count). The van der Waals surface area contributed by atoms with E-state index in [2.05, 4.69) is 10.3 Å². The van der Waals surface area contributed by atoms with E-state index >= 15 is 0 Å². The Morgan fingerprint density at radius 3 is 2.69 bits per heavy atom. The number of carbonyl (C=O) groups excluding carboxylic acids is 1. The molecule has 6 nitrogen and oxygen atoms in total. The quantitative estimate of drug-likeness (QED) is 0.868. The van der Waals surface area contributed by atoms with Crippen molar-refractivity contribution in [2.75, 3.05) is 19.6 Å². The first kappa shape index (κ1) is 20.4. The lowest BCUT2D eigenvalue weighted by atomic mass is 10.1. The van der Waals surface area contributed by atoms with Gasteiger partial charge in [-0.25, -0.2) is 4.98 Å². The molecule has 2 aromatic rings. The van der Waals surface area contributed by atoms with E-state index in [1.54, 1.807) is 6.20 Å². The van der Waals surface area contributed by atoms with E-state index in [1.165, 1.54) is 0 Å². The molecule has 1 saturated heterocycles. The van der Waals surface area contributed by atoms with Crippen molar-refractivity contribution in [3.63, 3.8) is 0 Å². The van der Waals surface area contributed by atoms with Crippen LogP contribution in [0.2, 0.25) is 0 Å². The molecule has 0 saturated carbocycles.